The predicted octanol–water partition coefficient (Wildman–Crippen LogP) is 5.30. The summed E-state index contributed by atoms with van der Waals surface area (Å²) in [6.45, 7) is 0. The topological polar surface area (TPSA) is 41.1 Å². The minimum absolute atomic E-state index is 0.00913. The molecule has 1 heterocycles. The number of rotatable bonds is 6. The number of carbonyl (C=O) groups excluding carboxylic acids is 1. The summed E-state index contributed by atoms with van der Waals surface area (Å²) in [7, 11) is 0. The molecule has 0 aliphatic heterocycles. The second-order valence-corrected chi connectivity index (χ2v) is 5.84. The molecule has 3 aromatic rings. The third kappa shape index (κ3) is 4.31. The van der Waals surface area contributed by atoms with Gasteiger partial charge in [-0.05, 0) is 47.8 Å². The maximum absolute atomic E-state index is 11.8. The number of thiophene rings is 1. The molecule has 3 rings (SSSR count). The van der Waals surface area contributed by atoms with Crippen molar-refractivity contribution in [2.24, 2.45) is 0 Å². The first kappa shape index (κ1) is 15.1. The Morgan fingerprint density at radius 3 is 2.22 bits per heavy atom. The molecule has 1 aromatic heterocycles. The summed E-state index contributed by atoms with van der Waals surface area (Å²) in [6.07, 6.45) is 3.21. The van der Waals surface area contributed by atoms with Crippen LogP contribution in [0.1, 0.15) is 9.67 Å². The zero-order valence-electron chi connectivity index (χ0n) is 12.4. The van der Waals surface area contributed by atoms with E-state index in [2.05, 4.69) is 10.6 Å². The Kier molecular flexibility index (Phi) is 4.86. The summed E-state index contributed by atoms with van der Waals surface area (Å²) < 4.78 is 0. The van der Waals surface area contributed by atoms with Crippen LogP contribution in [0, 0.1) is 0 Å². The van der Waals surface area contributed by atoms with Gasteiger partial charge in [0, 0.05) is 29.3 Å². The van der Waals surface area contributed by atoms with Crippen LogP contribution in [0.3, 0.4) is 0 Å². The lowest BCUT2D eigenvalue weighted by atomic mass is 10.2. The molecule has 0 bridgehead atoms. The number of para-hydroxylation sites is 1. The Morgan fingerprint density at radius 1 is 0.826 bits per heavy atom. The fraction of sp³-hybridized carbons (Fsp3) is 0. The van der Waals surface area contributed by atoms with Crippen molar-refractivity contribution < 1.29 is 4.79 Å². The first-order valence-electron chi connectivity index (χ1n) is 7.24. The molecule has 2 aromatic carbocycles. The molecule has 0 saturated carbocycles. The second kappa shape index (κ2) is 7.42. The quantitative estimate of drug-likeness (QED) is 0.478. The van der Waals surface area contributed by atoms with Crippen LogP contribution < -0.4 is 10.6 Å². The molecule has 0 spiro atoms. The van der Waals surface area contributed by atoms with Crippen LogP contribution in [0.2, 0.25) is 0 Å². The van der Waals surface area contributed by atoms with Gasteiger partial charge in [-0.3, -0.25) is 4.79 Å². The van der Waals surface area contributed by atoms with Gasteiger partial charge >= 0.3 is 0 Å². The Bertz CT molecular complexity index is 778. The molecular formula is C19H16N2OS. The van der Waals surface area contributed by atoms with Gasteiger partial charge in [-0.1, -0.05) is 24.3 Å². The van der Waals surface area contributed by atoms with E-state index in [1.807, 2.05) is 72.1 Å². The highest BCUT2D eigenvalue weighted by Crippen LogP contribution is 2.18. The highest BCUT2D eigenvalue weighted by Gasteiger charge is 2.01. The lowest BCUT2D eigenvalue weighted by Crippen LogP contribution is -1.94. The van der Waals surface area contributed by atoms with Crippen molar-refractivity contribution in [3.63, 3.8) is 0 Å². The molecule has 0 saturated heterocycles. The van der Waals surface area contributed by atoms with E-state index in [4.69, 9.17) is 0 Å². The van der Waals surface area contributed by atoms with Gasteiger partial charge in [0.2, 0.25) is 0 Å². The van der Waals surface area contributed by atoms with Gasteiger partial charge in [0.15, 0.2) is 5.78 Å². The summed E-state index contributed by atoms with van der Waals surface area (Å²) >= 11 is 1.44. The van der Waals surface area contributed by atoms with E-state index < -0.39 is 0 Å². The van der Waals surface area contributed by atoms with Gasteiger partial charge in [0.25, 0.3) is 0 Å². The summed E-state index contributed by atoms with van der Waals surface area (Å²) in [5, 5.41) is 8.33. The molecule has 3 nitrogen and oxygen atoms in total. The highest BCUT2D eigenvalue weighted by molar-refractivity contribution is 7.12. The number of hydrogen-bond acceptors (Lipinski definition) is 4. The molecular weight excluding hydrogens is 304 g/mol. The average Bonchev–Trinajstić information content (AvgIpc) is 3.12. The van der Waals surface area contributed by atoms with Crippen LogP contribution >= 0.6 is 11.3 Å². The Balaban J connectivity index is 1.56. The van der Waals surface area contributed by atoms with Crippen molar-refractivity contribution in [2.45, 2.75) is 0 Å². The van der Waals surface area contributed by atoms with Gasteiger partial charge in [0.05, 0.1) is 4.88 Å². The third-order valence-corrected chi connectivity index (χ3v) is 4.08. The molecule has 0 atom stereocenters. The standard InChI is InChI=1S/C19H16N2OS/c22-18(19-7-4-14-23-19)12-13-20-15-8-10-17(11-9-15)21-16-5-2-1-3-6-16/h1-14,20-21H/b13-12+. The van der Waals surface area contributed by atoms with Crippen LogP contribution in [0.5, 0.6) is 0 Å². The number of allylic oxidation sites excluding steroid dienone is 1. The molecule has 0 aliphatic carbocycles. The summed E-state index contributed by atoms with van der Waals surface area (Å²) in [6, 6.07) is 21.6. The second-order valence-electron chi connectivity index (χ2n) is 4.89. The van der Waals surface area contributed by atoms with E-state index in [0.717, 1.165) is 21.9 Å². The SMILES string of the molecule is O=C(/C=C/Nc1ccc(Nc2ccccc2)cc1)c1cccs1. The van der Waals surface area contributed by atoms with Crippen molar-refractivity contribution in [2.75, 3.05) is 10.6 Å². The number of benzene rings is 2. The normalized spacial score (nSPS) is 10.6. The van der Waals surface area contributed by atoms with Crippen LogP contribution in [-0.2, 0) is 0 Å². The van der Waals surface area contributed by atoms with Gasteiger partial charge in [-0.15, -0.1) is 11.3 Å². The molecule has 0 amide bonds. The molecule has 0 radical (unpaired) electrons. The maximum atomic E-state index is 11.8. The minimum atomic E-state index is 0.00913. The maximum Gasteiger partial charge on any atom is 0.197 e. The molecule has 4 heteroatoms. The van der Waals surface area contributed by atoms with Crippen LogP contribution in [0.4, 0.5) is 17.1 Å². The zero-order valence-corrected chi connectivity index (χ0v) is 13.2. The molecule has 0 fully saturated rings. The van der Waals surface area contributed by atoms with Crippen molar-refractivity contribution in [3.8, 4) is 0 Å². The molecule has 2 N–H and O–H groups in total. The first-order valence-corrected chi connectivity index (χ1v) is 8.12. The predicted molar refractivity (Wildman–Crippen MR) is 97.6 cm³/mol. The lowest BCUT2D eigenvalue weighted by Gasteiger charge is -2.07. The fourth-order valence-corrected chi connectivity index (χ4v) is 2.70. The number of ketones is 1. The number of carbonyl (C=O) groups is 1. The summed E-state index contributed by atoms with van der Waals surface area (Å²) in [5.74, 6) is 0.00913. The lowest BCUT2D eigenvalue weighted by molar-refractivity contribution is 0.105. The van der Waals surface area contributed by atoms with Gasteiger partial charge in [-0.25, -0.2) is 0 Å². The van der Waals surface area contributed by atoms with Crippen LogP contribution in [-0.4, -0.2) is 5.78 Å². The third-order valence-electron chi connectivity index (χ3n) is 3.20. The van der Waals surface area contributed by atoms with Crippen molar-refractivity contribution in [3.05, 3.63) is 89.3 Å². The van der Waals surface area contributed by atoms with E-state index in [1.54, 1.807) is 12.3 Å². The largest absolute Gasteiger partial charge is 0.362 e. The van der Waals surface area contributed by atoms with Crippen molar-refractivity contribution in [1.82, 2.24) is 0 Å². The summed E-state index contributed by atoms with van der Waals surface area (Å²) in [5.41, 5.74) is 2.99. The van der Waals surface area contributed by atoms with Crippen LogP contribution in [0.25, 0.3) is 0 Å². The fourth-order valence-electron chi connectivity index (χ4n) is 2.05. The van der Waals surface area contributed by atoms with Gasteiger partial charge in [-0.2, -0.15) is 0 Å². The Morgan fingerprint density at radius 2 is 1.52 bits per heavy atom. The first-order chi connectivity index (χ1) is 11.3. The van der Waals surface area contributed by atoms with Gasteiger partial charge in [0.1, 0.15) is 0 Å². The van der Waals surface area contributed by atoms with E-state index >= 15 is 0 Å². The molecule has 0 aliphatic rings. The summed E-state index contributed by atoms with van der Waals surface area (Å²) in [4.78, 5) is 12.6. The molecule has 23 heavy (non-hydrogen) atoms. The zero-order chi connectivity index (χ0) is 15.9. The molecule has 114 valence electrons. The highest BCUT2D eigenvalue weighted by atomic mass is 32.1. The Hall–Kier alpha value is -2.85. The van der Waals surface area contributed by atoms with Crippen LogP contribution in [0.15, 0.2) is 84.4 Å². The monoisotopic (exact) mass is 320 g/mol. The molecule has 0 unspecified atom stereocenters. The van der Waals surface area contributed by atoms with E-state index in [0.29, 0.717) is 0 Å². The number of nitrogens with one attached hydrogen (secondary N) is 2. The van der Waals surface area contributed by atoms with Crippen molar-refractivity contribution >= 4 is 34.2 Å². The van der Waals surface area contributed by atoms with E-state index in [-0.39, 0.29) is 5.78 Å². The number of anilines is 3. The Labute approximate surface area is 139 Å². The van der Waals surface area contributed by atoms with E-state index in [1.165, 1.54) is 11.3 Å². The average molecular weight is 320 g/mol. The van der Waals surface area contributed by atoms with Crippen molar-refractivity contribution in [1.29, 1.82) is 0 Å². The van der Waals surface area contributed by atoms with E-state index in [9.17, 15) is 4.79 Å². The minimum Gasteiger partial charge on any atom is -0.362 e. The van der Waals surface area contributed by atoms with Gasteiger partial charge < -0.3 is 10.6 Å². The smallest absolute Gasteiger partial charge is 0.197 e. The number of hydrogen-bond donors (Lipinski definition) is 2.